The van der Waals surface area contributed by atoms with Gasteiger partial charge >= 0.3 is 0 Å². The summed E-state index contributed by atoms with van der Waals surface area (Å²) >= 11 is 0. The molecule has 1 N–H and O–H groups in total. The Morgan fingerprint density at radius 3 is 2.74 bits per heavy atom. The van der Waals surface area contributed by atoms with Gasteiger partial charge in [-0.1, -0.05) is 0 Å². The fourth-order valence-electron chi connectivity index (χ4n) is 4.41. The highest BCUT2D eigenvalue weighted by molar-refractivity contribution is 6.17. The van der Waals surface area contributed by atoms with Crippen LogP contribution in [0.3, 0.4) is 0 Å². The number of nitrogens with zero attached hydrogens (tertiary/aromatic N) is 2. The smallest absolute Gasteiger partial charge is 0.244 e. The molecule has 160 valence electrons. The number of aliphatic imine (C=N–C) groups is 1. The molecule has 0 aromatic heterocycles. The van der Waals surface area contributed by atoms with E-state index in [4.69, 9.17) is 14.5 Å². The molecule has 2 amide bonds. The topological polar surface area (TPSA) is 80.2 Å². The van der Waals surface area contributed by atoms with Crippen molar-refractivity contribution in [2.45, 2.75) is 33.1 Å². The maximum Gasteiger partial charge on any atom is 0.244 e. The van der Waals surface area contributed by atoms with E-state index in [9.17, 15) is 9.59 Å². The molecule has 3 aliphatic rings. The first-order chi connectivity index (χ1) is 15.0. The second-order valence-corrected chi connectivity index (χ2v) is 8.30. The van der Waals surface area contributed by atoms with Gasteiger partial charge in [-0.3, -0.25) is 14.6 Å². The molecule has 1 saturated carbocycles. The molecule has 7 nitrogen and oxygen atoms in total. The van der Waals surface area contributed by atoms with Crippen molar-refractivity contribution >= 4 is 34.6 Å². The summed E-state index contributed by atoms with van der Waals surface area (Å²) in [6, 6.07) is 9.27. The summed E-state index contributed by atoms with van der Waals surface area (Å²) in [4.78, 5) is 32.8. The fraction of sp³-hybridized carbons (Fsp3) is 0.375. The minimum atomic E-state index is -0.268. The third kappa shape index (κ3) is 3.65. The van der Waals surface area contributed by atoms with E-state index in [-0.39, 0.29) is 24.3 Å². The maximum absolute atomic E-state index is 13.4. The summed E-state index contributed by atoms with van der Waals surface area (Å²) in [5.74, 6) is 0.717. The molecule has 1 aliphatic carbocycles. The Hall–Kier alpha value is -3.35. The molecule has 1 atom stereocenters. The van der Waals surface area contributed by atoms with Gasteiger partial charge in [0.25, 0.3) is 0 Å². The summed E-state index contributed by atoms with van der Waals surface area (Å²) in [5.41, 5.74) is 5.19. The van der Waals surface area contributed by atoms with Crippen molar-refractivity contribution in [3.8, 4) is 11.5 Å². The highest BCUT2D eigenvalue weighted by Gasteiger charge is 2.37. The molecule has 7 heteroatoms. The van der Waals surface area contributed by atoms with Crippen LogP contribution < -0.4 is 19.7 Å². The van der Waals surface area contributed by atoms with Crippen molar-refractivity contribution in [3.63, 3.8) is 0 Å². The number of carbonyl (C=O) groups is 2. The predicted octanol–water partition coefficient (Wildman–Crippen LogP) is 3.93. The van der Waals surface area contributed by atoms with Crippen molar-refractivity contribution < 1.29 is 19.1 Å². The van der Waals surface area contributed by atoms with Gasteiger partial charge in [0, 0.05) is 17.5 Å². The van der Waals surface area contributed by atoms with Gasteiger partial charge in [0.1, 0.15) is 19.8 Å². The van der Waals surface area contributed by atoms with E-state index in [0.29, 0.717) is 36.1 Å². The number of fused-ring (bicyclic) bond motifs is 3. The molecule has 5 rings (SSSR count). The molecule has 1 fully saturated rings. The van der Waals surface area contributed by atoms with Gasteiger partial charge in [0.2, 0.25) is 11.8 Å². The maximum atomic E-state index is 13.4. The summed E-state index contributed by atoms with van der Waals surface area (Å²) < 4.78 is 11.1. The molecular formula is C24H25N3O4. The van der Waals surface area contributed by atoms with Crippen molar-refractivity contribution in [3.05, 3.63) is 41.5 Å². The van der Waals surface area contributed by atoms with Gasteiger partial charge in [-0.15, -0.1) is 0 Å². The Morgan fingerprint density at radius 2 is 1.90 bits per heavy atom. The number of ether oxygens (including phenoxy) is 2. The summed E-state index contributed by atoms with van der Waals surface area (Å²) in [5, 5.41) is 2.89. The molecule has 0 radical (unpaired) electrons. The van der Waals surface area contributed by atoms with Crippen molar-refractivity contribution in [2.24, 2.45) is 10.9 Å². The number of amides is 2. The number of carbonyl (C=O) groups excluding carboxylic acids is 2. The van der Waals surface area contributed by atoms with E-state index in [0.717, 1.165) is 41.8 Å². The van der Waals surface area contributed by atoms with E-state index in [1.807, 2.05) is 26.0 Å². The lowest BCUT2D eigenvalue weighted by molar-refractivity contribution is -0.122. The number of benzene rings is 2. The highest BCUT2D eigenvalue weighted by atomic mass is 16.6. The zero-order chi connectivity index (χ0) is 21.5. The van der Waals surface area contributed by atoms with Crippen LogP contribution in [0.4, 0.5) is 17.1 Å². The molecule has 0 saturated heterocycles. The predicted molar refractivity (Wildman–Crippen MR) is 119 cm³/mol. The van der Waals surface area contributed by atoms with E-state index < -0.39 is 0 Å². The van der Waals surface area contributed by atoms with Gasteiger partial charge in [-0.25, -0.2) is 0 Å². The number of aryl methyl sites for hydroxylation is 2. The van der Waals surface area contributed by atoms with Crippen LogP contribution in [0.15, 0.2) is 35.3 Å². The van der Waals surface area contributed by atoms with Gasteiger partial charge in [-0.2, -0.15) is 0 Å². The van der Waals surface area contributed by atoms with Gasteiger partial charge < -0.3 is 19.7 Å². The third-order valence-corrected chi connectivity index (χ3v) is 6.17. The highest BCUT2D eigenvalue weighted by Crippen LogP contribution is 2.39. The Labute approximate surface area is 181 Å². The summed E-state index contributed by atoms with van der Waals surface area (Å²) in [7, 11) is 0. The molecular weight excluding hydrogens is 394 g/mol. The Bertz CT molecular complexity index is 1110. The van der Waals surface area contributed by atoms with Crippen LogP contribution in [-0.4, -0.2) is 37.3 Å². The van der Waals surface area contributed by atoms with Gasteiger partial charge in [-0.05, 0) is 68.5 Å². The fourth-order valence-corrected chi connectivity index (χ4v) is 4.41. The molecule has 0 unspecified atom stereocenters. The normalized spacial score (nSPS) is 19.3. The van der Waals surface area contributed by atoms with Crippen LogP contribution in [0.5, 0.6) is 11.5 Å². The number of nitrogens with one attached hydrogen (secondary N) is 1. The lowest BCUT2D eigenvalue weighted by Gasteiger charge is -2.25. The van der Waals surface area contributed by atoms with E-state index in [2.05, 4.69) is 5.32 Å². The second-order valence-electron chi connectivity index (χ2n) is 8.30. The number of hydrogen-bond acceptors (Lipinski definition) is 5. The van der Waals surface area contributed by atoms with Crippen LogP contribution in [0, 0.1) is 19.8 Å². The van der Waals surface area contributed by atoms with Gasteiger partial charge in [0.15, 0.2) is 11.5 Å². The quantitative estimate of drug-likeness (QED) is 0.817. The lowest BCUT2D eigenvalue weighted by Crippen LogP contribution is -2.42. The zero-order valence-corrected chi connectivity index (χ0v) is 17.7. The monoisotopic (exact) mass is 419 g/mol. The third-order valence-electron chi connectivity index (χ3n) is 6.17. The Balaban J connectivity index is 1.42. The molecule has 0 spiro atoms. The van der Waals surface area contributed by atoms with E-state index in [1.54, 1.807) is 23.1 Å². The van der Waals surface area contributed by atoms with E-state index >= 15 is 0 Å². The standard InChI is InChI=1S/C24H25N3O4/c1-14-10-19-20(11-15(14)2)27(24(29)17-4-3-5-18(17)26-19)13-23(28)25-16-6-7-21-22(12-16)31-9-8-30-21/h6-7,10-12,17H,3-5,8-9,13H2,1-2H3,(H,25,28)/t17-/m0/s1. The molecule has 2 aliphatic heterocycles. The SMILES string of the molecule is Cc1cc2c(cc1C)N(CC(=O)Nc1ccc3c(c1)OCCO3)C(=O)[C@H]1CCCC1=N2. The van der Waals surface area contributed by atoms with Crippen LogP contribution in [0.25, 0.3) is 0 Å². The molecule has 31 heavy (non-hydrogen) atoms. The number of rotatable bonds is 3. The zero-order valence-electron chi connectivity index (χ0n) is 17.7. The summed E-state index contributed by atoms with van der Waals surface area (Å²) in [6.45, 7) is 4.97. The average molecular weight is 419 g/mol. The molecule has 2 aromatic rings. The van der Waals surface area contributed by atoms with Crippen LogP contribution in [-0.2, 0) is 9.59 Å². The minimum absolute atomic E-state index is 0.0458. The molecule has 0 bridgehead atoms. The molecule has 2 aromatic carbocycles. The van der Waals surface area contributed by atoms with Crippen LogP contribution in [0.1, 0.15) is 30.4 Å². The lowest BCUT2D eigenvalue weighted by atomic mass is 10.0. The first kappa shape index (κ1) is 19.6. The Morgan fingerprint density at radius 1 is 1.13 bits per heavy atom. The van der Waals surface area contributed by atoms with Crippen LogP contribution >= 0.6 is 0 Å². The van der Waals surface area contributed by atoms with Gasteiger partial charge in [0.05, 0.1) is 17.3 Å². The molecule has 2 heterocycles. The van der Waals surface area contributed by atoms with Crippen LogP contribution in [0.2, 0.25) is 0 Å². The van der Waals surface area contributed by atoms with Crippen molar-refractivity contribution in [2.75, 3.05) is 30.0 Å². The summed E-state index contributed by atoms with van der Waals surface area (Å²) in [6.07, 6.45) is 2.57. The average Bonchev–Trinajstić information content (AvgIpc) is 3.19. The van der Waals surface area contributed by atoms with Crippen molar-refractivity contribution in [1.29, 1.82) is 0 Å². The number of hydrogen-bond donors (Lipinski definition) is 1. The second kappa shape index (κ2) is 7.72. The number of anilines is 2. The first-order valence-electron chi connectivity index (χ1n) is 10.7. The largest absolute Gasteiger partial charge is 0.486 e. The minimum Gasteiger partial charge on any atom is -0.486 e. The van der Waals surface area contributed by atoms with E-state index in [1.165, 1.54) is 0 Å². The van der Waals surface area contributed by atoms with Crippen molar-refractivity contribution in [1.82, 2.24) is 0 Å². The first-order valence-corrected chi connectivity index (χ1v) is 10.7. The Kier molecular flexibility index (Phi) is 4.88.